The van der Waals surface area contributed by atoms with Crippen molar-refractivity contribution >= 4 is 16.8 Å². The molecule has 37 heavy (non-hydrogen) atoms. The maximum Gasteiger partial charge on any atom is 0.272 e. The molecule has 1 saturated heterocycles. The Kier molecular flexibility index (Phi) is 6.65. The van der Waals surface area contributed by atoms with Crippen LogP contribution >= 0.6 is 0 Å². The number of hydrogen-bond donors (Lipinski definition) is 2. The van der Waals surface area contributed by atoms with E-state index in [-0.39, 0.29) is 24.3 Å². The van der Waals surface area contributed by atoms with E-state index in [2.05, 4.69) is 20.3 Å². The lowest BCUT2D eigenvalue weighted by molar-refractivity contribution is 0.000121. The van der Waals surface area contributed by atoms with Crippen molar-refractivity contribution in [2.75, 3.05) is 26.9 Å². The highest BCUT2D eigenvalue weighted by atomic mass is 19.1. The number of amides is 1. The predicted octanol–water partition coefficient (Wildman–Crippen LogP) is 3.82. The van der Waals surface area contributed by atoms with Crippen LogP contribution in [-0.2, 0) is 4.74 Å². The molecule has 0 unspecified atom stereocenters. The van der Waals surface area contributed by atoms with E-state index in [9.17, 15) is 14.3 Å². The van der Waals surface area contributed by atoms with E-state index >= 15 is 0 Å². The van der Waals surface area contributed by atoms with Crippen molar-refractivity contribution < 1.29 is 28.3 Å². The maximum atomic E-state index is 14.6. The third kappa shape index (κ3) is 4.92. The van der Waals surface area contributed by atoms with Gasteiger partial charge < -0.3 is 24.0 Å². The average molecular weight is 510 g/mol. The van der Waals surface area contributed by atoms with Crippen molar-refractivity contribution in [3.8, 4) is 28.5 Å². The first-order valence-electron chi connectivity index (χ1n) is 12.0. The van der Waals surface area contributed by atoms with Crippen LogP contribution in [0.5, 0.6) is 5.75 Å². The standard InChI is InChI=1S/C26H28FN5O5/c1-26(2,34)23-5-4-8-32(23)25(33)18-7-6-15(14-28-18)19-12-22(37-31-19)24-16-11-17(27)21(36-10-9-35-3)13-20(16)29-30-24/h6-7,11-14,23,34H,4-5,8-10H2,1-3H3,(H,29,30)/t23-/m1/s1. The Hall–Kier alpha value is -3.83. The number of pyridine rings is 1. The van der Waals surface area contributed by atoms with Gasteiger partial charge in [0, 0.05) is 42.9 Å². The SMILES string of the molecule is COCCOc1cc2[nH]nc(-c3cc(-c4ccc(C(=O)N5CCC[C@@H]5C(C)(C)O)nc4)no3)c2cc1F. The zero-order valence-corrected chi connectivity index (χ0v) is 20.8. The number of fused-ring (bicyclic) bond motifs is 1. The molecule has 4 heterocycles. The molecule has 1 atom stereocenters. The van der Waals surface area contributed by atoms with Crippen molar-refractivity contribution in [3.63, 3.8) is 0 Å². The molecule has 5 rings (SSSR count). The molecule has 10 nitrogen and oxygen atoms in total. The Morgan fingerprint density at radius 1 is 1.30 bits per heavy atom. The predicted molar refractivity (Wildman–Crippen MR) is 133 cm³/mol. The first-order valence-corrected chi connectivity index (χ1v) is 12.0. The number of H-pyrrole nitrogens is 1. The molecule has 0 radical (unpaired) electrons. The molecule has 4 aromatic rings. The van der Waals surface area contributed by atoms with Crippen LogP contribution in [0.2, 0.25) is 0 Å². The number of methoxy groups -OCH3 is 1. The second-order valence-electron chi connectivity index (χ2n) is 9.56. The minimum Gasteiger partial charge on any atom is -0.488 e. The second-order valence-corrected chi connectivity index (χ2v) is 9.56. The number of nitrogens with one attached hydrogen (secondary N) is 1. The topological polar surface area (TPSA) is 127 Å². The molecule has 11 heteroatoms. The summed E-state index contributed by atoms with van der Waals surface area (Å²) in [5, 5.41) is 22.2. The molecule has 0 aliphatic carbocycles. The van der Waals surface area contributed by atoms with Crippen LogP contribution in [0.25, 0.3) is 33.6 Å². The molecular weight excluding hydrogens is 481 g/mol. The van der Waals surface area contributed by atoms with Crippen LogP contribution in [0.1, 0.15) is 37.2 Å². The molecular formula is C26H28FN5O5. The molecule has 0 bridgehead atoms. The fraction of sp³-hybridized carbons (Fsp3) is 0.385. The minimum atomic E-state index is -0.985. The highest BCUT2D eigenvalue weighted by Gasteiger charge is 2.39. The van der Waals surface area contributed by atoms with Crippen LogP contribution in [0.3, 0.4) is 0 Å². The molecule has 1 amide bonds. The summed E-state index contributed by atoms with van der Waals surface area (Å²) in [5.41, 5.74) is 1.43. The van der Waals surface area contributed by atoms with Crippen LogP contribution in [0, 0.1) is 5.82 Å². The van der Waals surface area contributed by atoms with Gasteiger partial charge >= 0.3 is 0 Å². The number of ether oxygens (including phenoxy) is 2. The van der Waals surface area contributed by atoms with Gasteiger partial charge in [-0.05, 0) is 44.9 Å². The van der Waals surface area contributed by atoms with Crippen LogP contribution in [0.4, 0.5) is 4.39 Å². The van der Waals surface area contributed by atoms with Gasteiger partial charge in [0.1, 0.15) is 23.7 Å². The second kappa shape index (κ2) is 9.91. The van der Waals surface area contributed by atoms with Crippen molar-refractivity contribution in [1.29, 1.82) is 0 Å². The van der Waals surface area contributed by atoms with Gasteiger partial charge in [-0.15, -0.1) is 0 Å². The summed E-state index contributed by atoms with van der Waals surface area (Å²) in [7, 11) is 1.54. The van der Waals surface area contributed by atoms with Gasteiger partial charge in [0.25, 0.3) is 5.91 Å². The van der Waals surface area contributed by atoms with Crippen molar-refractivity contribution in [2.24, 2.45) is 0 Å². The van der Waals surface area contributed by atoms with Gasteiger partial charge in [-0.1, -0.05) is 5.16 Å². The summed E-state index contributed by atoms with van der Waals surface area (Å²) in [5.74, 6) is -0.298. The Morgan fingerprint density at radius 3 is 2.86 bits per heavy atom. The number of hydrogen-bond acceptors (Lipinski definition) is 8. The van der Waals surface area contributed by atoms with Crippen LogP contribution in [0.15, 0.2) is 41.1 Å². The number of rotatable bonds is 8. The Morgan fingerprint density at radius 2 is 2.14 bits per heavy atom. The Balaban J connectivity index is 1.35. The summed E-state index contributed by atoms with van der Waals surface area (Å²) >= 11 is 0. The van der Waals surface area contributed by atoms with Crippen molar-refractivity contribution in [3.05, 3.63) is 48.0 Å². The zero-order chi connectivity index (χ0) is 26.2. The highest BCUT2D eigenvalue weighted by molar-refractivity contribution is 5.94. The van der Waals surface area contributed by atoms with Gasteiger partial charge in [0.2, 0.25) is 0 Å². The fourth-order valence-corrected chi connectivity index (χ4v) is 4.64. The molecule has 2 N–H and O–H groups in total. The average Bonchev–Trinajstić information content (AvgIpc) is 3.63. The zero-order valence-electron chi connectivity index (χ0n) is 20.8. The fourth-order valence-electron chi connectivity index (χ4n) is 4.64. The van der Waals surface area contributed by atoms with E-state index in [0.717, 1.165) is 12.8 Å². The Labute approximate surface area is 212 Å². The summed E-state index contributed by atoms with van der Waals surface area (Å²) in [6.07, 6.45) is 3.15. The third-order valence-corrected chi connectivity index (χ3v) is 6.51. The van der Waals surface area contributed by atoms with Gasteiger partial charge in [-0.2, -0.15) is 5.10 Å². The number of carbonyl (C=O) groups is 1. The number of aliphatic hydroxyl groups is 1. The van der Waals surface area contributed by atoms with E-state index in [1.807, 2.05) is 0 Å². The monoisotopic (exact) mass is 509 g/mol. The summed E-state index contributed by atoms with van der Waals surface area (Å²) in [6, 6.07) is 7.68. The third-order valence-electron chi connectivity index (χ3n) is 6.51. The first-order chi connectivity index (χ1) is 17.8. The van der Waals surface area contributed by atoms with Crippen LogP contribution < -0.4 is 4.74 Å². The van der Waals surface area contributed by atoms with E-state index in [1.54, 1.807) is 50.3 Å². The number of benzene rings is 1. The van der Waals surface area contributed by atoms with E-state index < -0.39 is 11.4 Å². The summed E-state index contributed by atoms with van der Waals surface area (Å²) < 4.78 is 30.4. The van der Waals surface area contributed by atoms with E-state index in [0.29, 0.717) is 52.5 Å². The number of nitrogens with zero attached hydrogens (tertiary/aromatic N) is 4. The molecule has 1 fully saturated rings. The lowest BCUT2D eigenvalue weighted by Crippen LogP contribution is -2.48. The Bertz CT molecular complexity index is 1410. The molecule has 1 aliphatic rings. The largest absolute Gasteiger partial charge is 0.488 e. The number of halogens is 1. The quantitative estimate of drug-likeness (QED) is 0.343. The smallest absolute Gasteiger partial charge is 0.272 e. The van der Waals surface area contributed by atoms with Gasteiger partial charge in [0.15, 0.2) is 17.3 Å². The summed E-state index contributed by atoms with van der Waals surface area (Å²) in [6.45, 7) is 4.59. The molecule has 1 aliphatic heterocycles. The minimum absolute atomic E-state index is 0.0986. The lowest BCUT2D eigenvalue weighted by Gasteiger charge is -2.33. The number of aromatic amines is 1. The van der Waals surface area contributed by atoms with Gasteiger partial charge in [-0.3, -0.25) is 14.9 Å². The lowest BCUT2D eigenvalue weighted by atomic mass is 9.96. The number of carbonyl (C=O) groups excluding carboxylic acids is 1. The molecule has 1 aromatic carbocycles. The molecule has 194 valence electrons. The first kappa shape index (κ1) is 24.8. The maximum absolute atomic E-state index is 14.6. The van der Waals surface area contributed by atoms with Crippen molar-refractivity contribution in [1.82, 2.24) is 25.2 Å². The van der Waals surface area contributed by atoms with Crippen molar-refractivity contribution in [2.45, 2.75) is 38.3 Å². The van der Waals surface area contributed by atoms with Crippen LogP contribution in [-0.4, -0.2) is 74.8 Å². The van der Waals surface area contributed by atoms with Gasteiger partial charge in [-0.25, -0.2) is 4.39 Å². The number of aromatic nitrogens is 4. The normalized spacial score (nSPS) is 16.0. The summed E-state index contributed by atoms with van der Waals surface area (Å²) in [4.78, 5) is 19.0. The molecule has 3 aromatic heterocycles. The van der Waals surface area contributed by atoms with E-state index in [4.69, 9.17) is 14.0 Å². The molecule has 0 saturated carbocycles. The van der Waals surface area contributed by atoms with E-state index in [1.165, 1.54) is 12.1 Å². The van der Waals surface area contributed by atoms with Gasteiger partial charge in [0.05, 0.1) is 23.8 Å². The highest BCUT2D eigenvalue weighted by Crippen LogP contribution is 2.33. The number of likely N-dealkylation sites (tertiary alicyclic amines) is 1. The molecule has 0 spiro atoms.